The van der Waals surface area contributed by atoms with E-state index in [1.807, 2.05) is 36.4 Å². The van der Waals surface area contributed by atoms with Gasteiger partial charge in [-0.05, 0) is 49.7 Å². The Kier molecular flexibility index (Phi) is 5.34. The van der Waals surface area contributed by atoms with Crippen LogP contribution in [0.1, 0.15) is 25.3 Å². The van der Waals surface area contributed by atoms with Gasteiger partial charge in [0, 0.05) is 59.2 Å². The number of fused-ring (bicyclic) bond motifs is 2. The van der Waals surface area contributed by atoms with Crippen LogP contribution in [-0.4, -0.2) is 45.2 Å². The highest BCUT2D eigenvalue weighted by atomic mass is 35.5. The van der Waals surface area contributed by atoms with Gasteiger partial charge in [-0.25, -0.2) is 0 Å². The van der Waals surface area contributed by atoms with E-state index in [0.717, 1.165) is 60.4 Å². The van der Waals surface area contributed by atoms with Gasteiger partial charge in [-0.1, -0.05) is 36.7 Å². The number of nitrogens with zero attached hydrogens (tertiary/aromatic N) is 3. The molecular weight excluding hydrogens is 408 g/mol. The second-order valence-electron chi connectivity index (χ2n) is 8.33. The van der Waals surface area contributed by atoms with Gasteiger partial charge in [0.25, 0.3) is 0 Å². The molecule has 1 aromatic heterocycles. The third kappa shape index (κ3) is 3.67. The number of anilines is 2. The lowest BCUT2D eigenvalue weighted by Crippen LogP contribution is -2.53. The molecule has 1 unspecified atom stereocenters. The Morgan fingerprint density at radius 2 is 2.13 bits per heavy atom. The molecule has 0 saturated carbocycles. The lowest BCUT2D eigenvalue weighted by atomic mass is 10.0. The van der Waals surface area contributed by atoms with Gasteiger partial charge in [0.1, 0.15) is 5.75 Å². The molecule has 1 atom stereocenters. The minimum atomic E-state index is 0.00927. The second-order valence-corrected chi connectivity index (χ2v) is 8.77. The molecule has 6 heteroatoms. The molecule has 2 aromatic carbocycles. The Balaban J connectivity index is 1.38. The van der Waals surface area contributed by atoms with Crippen molar-refractivity contribution in [1.29, 1.82) is 0 Å². The number of phenolic OH excluding ortho intramolecular Hbond substituents is 1. The normalized spacial score (nSPS) is 20.6. The first-order valence-electron chi connectivity index (χ1n) is 10.9. The molecule has 3 heterocycles. The lowest BCUT2D eigenvalue weighted by Gasteiger charge is -2.42. The van der Waals surface area contributed by atoms with Gasteiger partial charge in [-0.15, -0.1) is 0 Å². The highest BCUT2D eigenvalue weighted by Gasteiger charge is 2.45. The van der Waals surface area contributed by atoms with E-state index in [9.17, 15) is 5.11 Å². The number of aromatic hydroxyl groups is 1. The van der Waals surface area contributed by atoms with Gasteiger partial charge < -0.3 is 10.4 Å². The number of nitrogens with one attached hydrogen (secondary N) is 1. The quantitative estimate of drug-likeness (QED) is 0.500. The van der Waals surface area contributed by atoms with Crippen LogP contribution < -0.4 is 5.32 Å². The van der Waals surface area contributed by atoms with E-state index in [-0.39, 0.29) is 5.66 Å². The molecule has 0 amide bonds. The van der Waals surface area contributed by atoms with Crippen molar-refractivity contribution in [3.8, 4) is 5.75 Å². The van der Waals surface area contributed by atoms with Crippen LogP contribution in [0.4, 0.5) is 11.4 Å². The Morgan fingerprint density at radius 1 is 1.23 bits per heavy atom. The predicted octanol–water partition coefficient (Wildman–Crippen LogP) is 5.52. The van der Waals surface area contributed by atoms with Crippen LogP contribution in [-0.2, 0) is 6.54 Å². The summed E-state index contributed by atoms with van der Waals surface area (Å²) in [4.78, 5) is 9.42. The SMILES string of the molecule is CCN(Cc1ccc(Nc2ccnc3cc(Cl)ccc23)cc1O)C12C=CCN1CCC2. The van der Waals surface area contributed by atoms with Crippen molar-refractivity contribution in [2.24, 2.45) is 0 Å². The number of benzene rings is 2. The number of aromatic nitrogens is 1. The average Bonchev–Trinajstić information content (AvgIpc) is 3.34. The fourth-order valence-corrected chi connectivity index (χ4v) is 5.21. The van der Waals surface area contributed by atoms with Crippen molar-refractivity contribution in [3.63, 3.8) is 0 Å². The summed E-state index contributed by atoms with van der Waals surface area (Å²) in [6.07, 6.45) is 8.77. The van der Waals surface area contributed by atoms with E-state index < -0.39 is 0 Å². The highest BCUT2D eigenvalue weighted by molar-refractivity contribution is 6.31. The Hall–Kier alpha value is -2.60. The van der Waals surface area contributed by atoms with E-state index >= 15 is 0 Å². The molecular formula is C25H27ClN4O. The first kappa shape index (κ1) is 20.3. The third-order valence-corrected chi connectivity index (χ3v) is 6.83. The van der Waals surface area contributed by atoms with Crippen molar-refractivity contribution in [2.75, 3.05) is 25.0 Å². The lowest BCUT2D eigenvalue weighted by molar-refractivity contribution is 0.0233. The maximum Gasteiger partial charge on any atom is 0.122 e. The van der Waals surface area contributed by atoms with Crippen LogP contribution >= 0.6 is 11.6 Å². The first-order valence-corrected chi connectivity index (χ1v) is 11.3. The number of phenols is 1. The number of hydrogen-bond acceptors (Lipinski definition) is 5. The molecule has 31 heavy (non-hydrogen) atoms. The van der Waals surface area contributed by atoms with Gasteiger partial charge in [0.15, 0.2) is 0 Å². The number of likely N-dealkylation sites (N-methyl/N-ethyl adjacent to an activating group) is 1. The molecule has 2 aliphatic rings. The molecule has 2 aliphatic heterocycles. The molecule has 1 fully saturated rings. The van der Waals surface area contributed by atoms with Crippen molar-refractivity contribution < 1.29 is 5.11 Å². The zero-order chi connectivity index (χ0) is 21.4. The van der Waals surface area contributed by atoms with E-state index in [2.05, 4.69) is 39.2 Å². The smallest absolute Gasteiger partial charge is 0.122 e. The van der Waals surface area contributed by atoms with Crippen molar-refractivity contribution in [3.05, 3.63) is 71.4 Å². The van der Waals surface area contributed by atoms with Gasteiger partial charge in [-0.3, -0.25) is 14.8 Å². The molecule has 3 aromatic rings. The largest absolute Gasteiger partial charge is 0.508 e. The predicted molar refractivity (Wildman–Crippen MR) is 127 cm³/mol. The fraction of sp³-hybridized carbons (Fsp3) is 0.320. The van der Waals surface area contributed by atoms with Gasteiger partial charge in [0.05, 0.1) is 11.2 Å². The number of hydrogen-bond donors (Lipinski definition) is 2. The topological polar surface area (TPSA) is 51.6 Å². The summed E-state index contributed by atoms with van der Waals surface area (Å²) in [5.74, 6) is 0.313. The summed E-state index contributed by atoms with van der Waals surface area (Å²) < 4.78 is 0. The Bertz CT molecular complexity index is 1150. The van der Waals surface area contributed by atoms with Crippen molar-refractivity contribution >= 4 is 33.9 Å². The zero-order valence-corrected chi connectivity index (χ0v) is 18.4. The number of halogens is 1. The summed E-state index contributed by atoms with van der Waals surface area (Å²) in [5, 5.41) is 15.9. The van der Waals surface area contributed by atoms with E-state index in [4.69, 9.17) is 11.6 Å². The average molecular weight is 435 g/mol. The van der Waals surface area contributed by atoms with Crippen LogP contribution in [0.3, 0.4) is 0 Å². The molecule has 0 bridgehead atoms. The van der Waals surface area contributed by atoms with Crippen LogP contribution in [0.15, 0.2) is 60.8 Å². The van der Waals surface area contributed by atoms with E-state index in [0.29, 0.717) is 10.8 Å². The standard InChI is InChI=1S/C25H27ClN4O/c1-2-29(25-10-3-13-30(25)14-4-11-25)17-18-5-7-20(16-24(18)31)28-22-9-12-27-23-15-19(26)6-8-21(22)23/h3,5-10,12,15-16,31H,2,4,11,13-14,17H2,1H3,(H,27,28). The monoisotopic (exact) mass is 434 g/mol. The summed E-state index contributed by atoms with van der Waals surface area (Å²) in [5.41, 5.74) is 3.56. The summed E-state index contributed by atoms with van der Waals surface area (Å²) in [6, 6.07) is 13.5. The van der Waals surface area contributed by atoms with Crippen molar-refractivity contribution in [2.45, 2.75) is 32.0 Å². The van der Waals surface area contributed by atoms with E-state index in [1.165, 1.54) is 6.42 Å². The summed E-state index contributed by atoms with van der Waals surface area (Å²) in [7, 11) is 0. The molecule has 5 rings (SSSR count). The maximum atomic E-state index is 10.8. The minimum absolute atomic E-state index is 0.00927. The summed E-state index contributed by atoms with van der Waals surface area (Å²) >= 11 is 6.10. The Labute approximate surface area is 188 Å². The molecule has 1 saturated heterocycles. The van der Waals surface area contributed by atoms with Gasteiger partial charge >= 0.3 is 0 Å². The first-order chi connectivity index (χ1) is 15.1. The van der Waals surface area contributed by atoms with Gasteiger partial charge in [-0.2, -0.15) is 0 Å². The zero-order valence-electron chi connectivity index (χ0n) is 17.7. The van der Waals surface area contributed by atoms with Crippen LogP contribution in [0.25, 0.3) is 10.9 Å². The van der Waals surface area contributed by atoms with Crippen LogP contribution in [0, 0.1) is 0 Å². The molecule has 0 radical (unpaired) electrons. The molecule has 0 aliphatic carbocycles. The Morgan fingerprint density at radius 3 is 2.97 bits per heavy atom. The highest BCUT2D eigenvalue weighted by Crippen LogP contribution is 2.39. The minimum Gasteiger partial charge on any atom is -0.508 e. The second kappa shape index (κ2) is 8.15. The fourth-order valence-electron chi connectivity index (χ4n) is 5.04. The molecule has 2 N–H and O–H groups in total. The molecule has 0 spiro atoms. The molecule has 5 nitrogen and oxygen atoms in total. The van der Waals surface area contributed by atoms with Gasteiger partial charge in [0.2, 0.25) is 0 Å². The maximum absolute atomic E-state index is 10.8. The van der Waals surface area contributed by atoms with Crippen molar-refractivity contribution in [1.82, 2.24) is 14.8 Å². The summed E-state index contributed by atoms with van der Waals surface area (Å²) in [6.45, 7) is 6.02. The number of pyridine rings is 1. The van der Waals surface area contributed by atoms with Crippen LogP contribution in [0.2, 0.25) is 5.02 Å². The van der Waals surface area contributed by atoms with E-state index in [1.54, 1.807) is 12.3 Å². The molecule has 160 valence electrons. The van der Waals surface area contributed by atoms with Crippen LogP contribution in [0.5, 0.6) is 5.75 Å². The third-order valence-electron chi connectivity index (χ3n) is 6.59. The number of rotatable bonds is 6.